The van der Waals surface area contributed by atoms with Crippen LogP contribution >= 0.6 is 11.8 Å². The molecule has 1 atom stereocenters. The summed E-state index contributed by atoms with van der Waals surface area (Å²) in [6.45, 7) is 7.14. The summed E-state index contributed by atoms with van der Waals surface area (Å²) in [7, 11) is 0. The number of carbonyl (C=O) groups excluding carboxylic acids is 3. The highest BCUT2D eigenvalue weighted by Crippen LogP contribution is 2.37. The number of alkyl halides is 3. The lowest BCUT2D eigenvalue weighted by molar-refractivity contribution is -0.274. The quantitative estimate of drug-likeness (QED) is 0.301. The van der Waals surface area contributed by atoms with E-state index in [0.29, 0.717) is 23.4 Å². The fourth-order valence-corrected chi connectivity index (χ4v) is 4.84. The molecule has 0 fully saturated rings. The largest absolute Gasteiger partial charge is 0.573 e. The number of benzene rings is 2. The third-order valence-electron chi connectivity index (χ3n) is 5.56. The summed E-state index contributed by atoms with van der Waals surface area (Å²) in [5.74, 6) is -2.39. The molecular weight excluding hydrogens is 554 g/mol. The topological polar surface area (TPSA) is 97.0 Å². The molecule has 1 aliphatic rings. The molecule has 0 unspecified atom stereocenters. The van der Waals surface area contributed by atoms with Crippen LogP contribution in [0.4, 0.5) is 28.0 Å². The molecule has 2 N–H and O–H groups in total. The van der Waals surface area contributed by atoms with Crippen molar-refractivity contribution in [2.24, 2.45) is 0 Å². The lowest BCUT2D eigenvalue weighted by Gasteiger charge is -2.27. The number of nitrogens with one attached hydrogen (secondary N) is 2. The fraction of sp³-hybridized carbons (Fsp3) is 0.444. The number of amides is 3. The van der Waals surface area contributed by atoms with Gasteiger partial charge in [0.15, 0.2) is 0 Å². The molecule has 0 spiro atoms. The van der Waals surface area contributed by atoms with Crippen molar-refractivity contribution >= 4 is 35.4 Å². The van der Waals surface area contributed by atoms with Crippen LogP contribution in [0.3, 0.4) is 0 Å². The predicted octanol–water partition coefficient (Wildman–Crippen LogP) is 5.79. The maximum atomic E-state index is 15.0. The highest BCUT2D eigenvalue weighted by Gasteiger charge is 2.35. The van der Waals surface area contributed by atoms with Crippen LogP contribution < -0.4 is 20.3 Å². The molecule has 0 saturated carbocycles. The number of thioether (sulfide) groups is 1. The Bertz CT molecular complexity index is 1230. The molecule has 13 heteroatoms. The average Bonchev–Trinajstić information content (AvgIpc) is 2.94. The first-order valence-electron chi connectivity index (χ1n) is 12.6. The molecule has 40 heavy (non-hydrogen) atoms. The van der Waals surface area contributed by atoms with Gasteiger partial charge in [0.2, 0.25) is 0 Å². The summed E-state index contributed by atoms with van der Waals surface area (Å²) < 4.78 is 61.9. The Morgan fingerprint density at radius 2 is 1.80 bits per heavy atom. The second kappa shape index (κ2) is 12.8. The van der Waals surface area contributed by atoms with Gasteiger partial charge in [-0.25, -0.2) is 9.18 Å². The highest BCUT2D eigenvalue weighted by molar-refractivity contribution is 7.99. The minimum atomic E-state index is -4.86. The Labute approximate surface area is 233 Å². The number of ether oxygens (including phenoxy) is 2. The molecule has 3 amide bonds. The minimum absolute atomic E-state index is 0.0431. The summed E-state index contributed by atoms with van der Waals surface area (Å²) in [6.07, 6.45) is -4.17. The predicted molar refractivity (Wildman–Crippen MR) is 142 cm³/mol. The van der Waals surface area contributed by atoms with Crippen LogP contribution in [0.5, 0.6) is 5.75 Å². The van der Waals surface area contributed by atoms with Gasteiger partial charge in [-0.05, 0) is 57.0 Å². The van der Waals surface area contributed by atoms with Gasteiger partial charge < -0.3 is 25.0 Å². The van der Waals surface area contributed by atoms with Gasteiger partial charge in [-0.3, -0.25) is 9.59 Å². The molecule has 3 rings (SSSR count). The number of unbranched alkanes of at least 4 members (excludes halogenated alkanes) is 1. The van der Waals surface area contributed by atoms with Crippen molar-refractivity contribution in [3.05, 3.63) is 53.3 Å². The monoisotopic (exact) mass is 585 g/mol. The van der Waals surface area contributed by atoms with E-state index in [9.17, 15) is 27.6 Å². The van der Waals surface area contributed by atoms with E-state index < -0.39 is 47.5 Å². The summed E-state index contributed by atoms with van der Waals surface area (Å²) in [5, 5.41) is 5.20. The van der Waals surface area contributed by atoms with Gasteiger partial charge in [0.1, 0.15) is 23.2 Å². The van der Waals surface area contributed by atoms with Crippen molar-refractivity contribution in [2.45, 2.75) is 70.0 Å². The summed E-state index contributed by atoms with van der Waals surface area (Å²) in [5.41, 5.74) is -0.436. The maximum absolute atomic E-state index is 15.0. The average molecular weight is 586 g/mol. The van der Waals surface area contributed by atoms with Crippen molar-refractivity contribution in [3.63, 3.8) is 0 Å². The molecule has 2 aromatic rings. The van der Waals surface area contributed by atoms with Crippen LogP contribution in [-0.2, 0) is 16.1 Å². The Hall–Kier alpha value is -3.48. The number of halogens is 4. The SMILES string of the molecule is CCCCNC(=O)c1cc2c(cc1F)SC[C@H](NC(=O)OC(C)(C)C)C(=O)N2Cc1ccc(OC(F)(F)F)cc1. The summed E-state index contributed by atoms with van der Waals surface area (Å²) in [6, 6.07) is 6.26. The molecule has 218 valence electrons. The van der Waals surface area contributed by atoms with E-state index in [1.165, 1.54) is 23.1 Å². The van der Waals surface area contributed by atoms with E-state index in [1.54, 1.807) is 20.8 Å². The van der Waals surface area contributed by atoms with Crippen molar-refractivity contribution in [1.82, 2.24) is 10.6 Å². The minimum Gasteiger partial charge on any atom is -0.444 e. The summed E-state index contributed by atoms with van der Waals surface area (Å²) >= 11 is 1.11. The van der Waals surface area contributed by atoms with E-state index >= 15 is 4.39 Å². The van der Waals surface area contributed by atoms with Gasteiger partial charge in [0, 0.05) is 17.2 Å². The molecule has 8 nitrogen and oxygen atoms in total. The first-order valence-corrected chi connectivity index (χ1v) is 13.6. The van der Waals surface area contributed by atoms with Gasteiger partial charge in [-0.15, -0.1) is 24.9 Å². The van der Waals surface area contributed by atoms with E-state index in [1.807, 2.05) is 6.92 Å². The summed E-state index contributed by atoms with van der Waals surface area (Å²) in [4.78, 5) is 40.5. The number of hydrogen-bond donors (Lipinski definition) is 2. The van der Waals surface area contributed by atoms with E-state index in [2.05, 4.69) is 15.4 Å². The molecule has 2 aromatic carbocycles. The first kappa shape index (κ1) is 31.1. The fourth-order valence-electron chi connectivity index (χ4n) is 3.76. The van der Waals surface area contributed by atoms with Crippen LogP contribution in [0.15, 0.2) is 41.3 Å². The molecule has 0 saturated heterocycles. The Balaban J connectivity index is 1.97. The van der Waals surface area contributed by atoms with Crippen LogP contribution in [-0.4, -0.2) is 48.2 Å². The van der Waals surface area contributed by atoms with Gasteiger partial charge in [0.25, 0.3) is 11.8 Å². The third kappa shape index (κ3) is 8.77. The number of anilines is 1. The van der Waals surface area contributed by atoms with Gasteiger partial charge >= 0.3 is 12.5 Å². The number of nitrogens with zero attached hydrogens (tertiary/aromatic N) is 1. The zero-order valence-corrected chi connectivity index (χ0v) is 23.3. The van der Waals surface area contributed by atoms with E-state index in [0.717, 1.165) is 36.4 Å². The third-order valence-corrected chi connectivity index (χ3v) is 6.70. The standard InChI is InChI=1S/C27H31F4N3O5S/c1-5-6-11-32-23(35)18-12-21-22(13-19(18)28)40-15-20(33-25(37)39-26(2,3)4)24(36)34(21)14-16-7-9-17(10-8-16)38-27(29,30)31/h7-10,12-13,20H,5-6,11,14-15H2,1-4H3,(H,32,35)(H,33,37)/t20-/m0/s1. The molecular formula is C27H31F4N3O5S. The zero-order valence-electron chi connectivity index (χ0n) is 22.5. The molecule has 0 aromatic heterocycles. The molecule has 0 aliphatic carbocycles. The Morgan fingerprint density at radius 1 is 1.12 bits per heavy atom. The number of rotatable bonds is 8. The highest BCUT2D eigenvalue weighted by atomic mass is 32.2. The van der Waals surface area contributed by atoms with Crippen molar-refractivity contribution in [1.29, 1.82) is 0 Å². The van der Waals surface area contributed by atoms with Gasteiger partial charge in [-0.2, -0.15) is 0 Å². The lowest BCUT2D eigenvalue weighted by Crippen LogP contribution is -2.50. The molecule has 0 radical (unpaired) electrons. The zero-order chi connectivity index (χ0) is 29.7. The molecule has 1 aliphatic heterocycles. The van der Waals surface area contributed by atoms with Crippen molar-refractivity contribution in [3.8, 4) is 5.75 Å². The smallest absolute Gasteiger partial charge is 0.444 e. The Morgan fingerprint density at radius 3 is 2.40 bits per heavy atom. The normalized spacial score (nSPS) is 15.7. The van der Waals surface area contributed by atoms with Crippen LogP contribution in [0, 0.1) is 5.82 Å². The van der Waals surface area contributed by atoms with Crippen molar-refractivity contribution < 1.29 is 41.4 Å². The Kier molecular flexibility index (Phi) is 9.93. The maximum Gasteiger partial charge on any atom is 0.573 e. The number of alkyl carbamates (subject to hydrolysis) is 1. The van der Waals surface area contributed by atoms with E-state index in [-0.39, 0.29) is 23.5 Å². The van der Waals surface area contributed by atoms with Crippen LogP contribution in [0.2, 0.25) is 0 Å². The second-order valence-corrected chi connectivity index (χ2v) is 11.1. The molecule has 1 heterocycles. The van der Waals surface area contributed by atoms with Crippen LogP contribution in [0.1, 0.15) is 56.5 Å². The number of carbonyl (C=O) groups is 3. The van der Waals surface area contributed by atoms with Gasteiger partial charge in [-0.1, -0.05) is 25.5 Å². The first-order chi connectivity index (χ1) is 18.7. The molecule has 0 bridgehead atoms. The number of fused-ring (bicyclic) bond motifs is 1. The van der Waals surface area contributed by atoms with Crippen LogP contribution in [0.25, 0.3) is 0 Å². The number of hydrogen-bond acceptors (Lipinski definition) is 6. The van der Waals surface area contributed by atoms with Gasteiger partial charge in [0.05, 0.1) is 17.8 Å². The van der Waals surface area contributed by atoms with Crippen molar-refractivity contribution in [2.75, 3.05) is 17.2 Å². The van der Waals surface area contributed by atoms with E-state index in [4.69, 9.17) is 4.74 Å². The lowest BCUT2D eigenvalue weighted by atomic mass is 10.1. The second-order valence-electron chi connectivity index (χ2n) is 10.0.